The zero-order valence-corrected chi connectivity index (χ0v) is 19.9. The highest BCUT2D eigenvalue weighted by Gasteiger charge is 2.18. The van der Waals surface area contributed by atoms with Crippen molar-refractivity contribution >= 4 is 33.5 Å². The lowest BCUT2D eigenvalue weighted by Crippen LogP contribution is -2.16. The number of carbonyl (C=O) groups excluding carboxylic acids is 1. The van der Waals surface area contributed by atoms with E-state index >= 15 is 0 Å². The van der Waals surface area contributed by atoms with E-state index in [1.165, 1.54) is 11.3 Å². The number of anilines is 1. The maximum atomic E-state index is 12.5. The summed E-state index contributed by atoms with van der Waals surface area (Å²) in [5, 5.41) is 4.15. The Balaban J connectivity index is 1.26. The molecule has 34 heavy (non-hydrogen) atoms. The van der Waals surface area contributed by atoms with Gasteiger partial charge in [0.25, 0.3) is 0 Å². The van der Waals surface area contributed by atoms with Crippen LogP contribution in [0.2, 0.25) is 0 Å². The highest BCUT2D eigenvalue weighted by Crippen LogP contribution is 2.38. The Morgan fingerprint density at radius 1 is 1.18 bits per heavy atom. The van der Waals surface area contributed by atoms with Crippen LogP contribution in [0.25, 0.3) is 21.6 Å². The first-order chi connectivity index (χ1) is 16.6. The van der Waals surface area contributed by atoms with Crippen LogP contribution in [0.5, 0.6) is 11.5 Å². The molecule has 1 aliphatic rings. The average Bonchev–Trinajstić information content (AvgIpc) is 3.41. The predicted molar refractivity (Wildman–Crippen MR) is 129 cm³/mol. The van der Waals surface area contributed by atoms with Gasteiger partial charge in [-0.15, -0.1) is 0 Å². The number of ether oxygens (including phenoxy) is 4. The molecule has 10 heteroatoms. The Kier molecular flexibility index (Phi) is 6.08. The summed E-state index contributed by atoms with van der Waals surface area (Å²) < 4.78 is 23.8. The molecule has 0 radical (unpaired) electrons. The number of carbonyl (C=O) groups is 1. The van der Waals surface area contributed by atoms with Gasteiger partial charge in [0.2, 0.25) is 0 Å². The number of rotatable bonds is 6. The van der Waals surface area contributed by atoms with Crippen LogP contribution in [0.15, 0.2) is 36.4 Å². The van der Waals surface area contributed by atoms with Gasteiger partial charge < -0.3 is 23.5 Å². The second-order valence-corrected chi connectivity index (χ2v) is 8.76. The highest BCUT2D eigenvalue weighted by molar-refractivity contribution is 7.19. The summed E-state index contributed by atoms with van der Waals surface area (Å²) in [5.74, 6) is 2.25. The van der Waals surface area contributed by atoms with E-state index in [9.17, 15) is 4.79 Å². The van der Waals surface area contributed by atoms with Crippen LogP contribution in [0.1, 0.15) is 17.1 Å². The van der Waals surface area contributed by atoms with E-state index in [4.69, 9.17) is 18.9 Å². The number of aryl methyl sites for hydroxylation is 1. The molecule has 5 rings (SSSR count). The first-order valence-electron chi connectivity index (χ1n) is 10.7. The average molecular weight is 481 g/mol. The fourth-order valence-corrected chi connectivity index (χ4v) is 4.86. The van der Waals surface area contributed by atoms with Crippen molar-refractivity contribution in [1.82, 2.24) is 14.5 Å². The number of benzene rings is 2. The van der Waals surface area contributed by atoms with Crippen LogP contribution in [-0.4, -0.2) is 41.5 Å². The van der Waals surface area contributed by atoms with Gasteiger partial charge in [0.15, 0.2) is 0 Å². The third-order valence-electron chi connectivity index (χ3n) is 5.60. The van der Waals surface area contributed by atoms with Crippen molar-refractivity contribution in [2.75, 3.05) is 26.1 Å². The van der Waals surface area contributed by atoms with Crippen LogP contribution in [-0.2, 0) is 29.2 Å². The SMILES string of the molecule is COc1ccc(-c2nc(C)c(NC(=O)OCc3ccc4c(c3)nc3n4CCOC3)s2)c(OC)c1. The molecule has 0 atom stereocenters. The number of imidazole rings is 1. The van der Waals surface area contributed by atoms with E-state index in [1.54, 1.807) is 20.3 Å². The van der Waals surface area contributed by atoms with Gasteiger partial charge >= 0.3 is 6.09 Å². The number of hydrogen-bond acceptors (Lipinski definition) is 8. The number of hydrogen-bond donors (Lipinski definition) is 1. The zero-order chi connectivity index (χ0) is 23.7. The summed E-state index contributed by atoms with van der Waals surface area (Å²) in [7, 11) is 3.20. The molecule has 9 nitrogen and oxygen atoms in total. The zero-order valence-electron chi connectivity index (χ0n) is 19.1. The molecule has 0 aliphatic carbocycles. The van der Waals surface area contributed by atoms with Crippen molar-refractivity contribution in [2.24, 2.45) is 0 Å². The number of nitrogens with one attached hydrogen (secondary N) is 1. The number of methoxy groups -OCH3 is 2. The molecule has 1 aliphatic heterocycles. The van der Waals surface area contributed by atoms with E-state index in [0.29, 0.717) is 35.4 Å². The number of aromatic nitrogens is 3. The van der Waals surface area contributed by atoms with Gasteiger partial charge in [-0.1, -0.05) is 17.4 Å². The number of fused-ring (bicyclic) bond motifs is 3. The largest absolute Gasteiger partial charge is 0.497 e. The summed E-state index contributed by atoms with van der Waals surface area (Å²) >= 11 is 1.35. The maximum absolute atomic E-state index is 12.5. The van der Waals surface area contributed by atoms with Crippen LogP contribution >= 0.6 is 11.3 Å². The van der Waals surface area contributed by atoms with Gasteiger partial charge in [0, 0.05) is 12.6 Å². The van der Waals surface area contributed by atoms with Crippen LogP contribution < -0.4 is 14.8 Å². The molecule has 0 fully saturated rings. The summed E-state index contributed by atoms with van der Waals surface area (Å²) in [6, 6.07) is 11.4. The standard InChI is InChI=1S/C24H24N4O5S/c1-14-22(34-23(25-14)17-6-5-16(30-2)11-20(17)31-3)27-24(29)33-12-15-4-7-19-18(10-15)26-21-13-32-9-8-28(19)21/h4-7,10-11H,8-9,12-13H2,1-3H3,(H,27,29). The van der Waals surface area contributed by atoms with Gasteiger partial charge in [-0.05, 0) is 36.8 Å². The number of thiazole rings is 1. The molecule has 2 aromatic carbocycles. The lowest BCUT2D eigenvalue weighted by Gasteiger charge is -2.14. The second-order valence-electron chi connectivity index (χ2n) is 7.76. The van der Waals surface area contributed by atoms with Crippen molar-refractivity contribution in [2.45, 2.75) is 26.7 Å². The fraction of sp³-hybridized carbons (Fsp3) is 0.292. The summed E-state index contributed by atoms with van der Waals surface area (Å²) in [6.07, 6.45) is -0.544. The summed E-state index contributed by atoms with van der Waals surface area (Å²) in [5.41, 5.74) is 4.32. The molecular weight excluding hydrogens is 456 g/mol. The Hall–Kier alpha value is -3.63. The topological polar surface area (TPSA) is 96.7 Å². The number of nitrogens with zero attached hydrogens (tertiary/aromatic N) is 3. The Morgan fingerprint density at radius 2 is 2.06 bits per heavy atom. The molecule has 3 heterocycles. The van der Waals surface area contributed by atoms with Crippen molar-refractivity contribution in [3.8, 4) is 22.1 Å². The molecular formula is C24H24N4O5S. The summed E-state index contributed by atoms with van der Waals surface area (Å²) in [6.45, 7) is 3.97. The summed E-state index contributed by atoms with van der Waals surface area (Å²) in [4.78, 5) is 21.7. The molecule has 176 valence electrons. The first kappa shape index (κ1) is 22.2. The van der Waals surface area contributed by atoms with Crippen LogP contribution in [0.3, 0.4) is 0 Å². The highest BCUT2D eigenvalue weighted by atomic mass is 32.1. The molecule has 0 saturated heterocycles. The number of amides is 1. The molecule has 0 saturated carbocycles. The molecule has 4 aromatic rings. The van der Waals surface area contributed by atoms with Crippen LogP contribution in [0, 0.1) is 6.92 Å². The third kappa shape index (κ3) is 4.29. The second kappa shape index (κ2) is 9.32. The predicted octanol–water partition coefficient (Wildman–Crippen LogP) is 4.76. The van der Waals surface area contributed by atoms with E-state index in [1.807, 2.05) is 37.3 Å². The van der Waals surface area contributed by atoms with Gasteiger partial charge in [-0.25, -0.2) is 14.8 Å². The fourth-order valence-electron chi connectivity index (χ4n) is 3.87. The Morgan fingerprint density at radius 3 is 2.88 bits per heavy atom. The van der Waals surface area contributed by atoms with Crippen molar-refractivity contribution in [3.05, 3.63) is 53.5 Å². The minimum absolute atomic E-state index is 0.136. The lowest BCUT2D eigenvalue weighted by atomic mass is 10.2. The van der Waals surface area contributed by atoms with Gasteiger partial charge in [-0.2, -0.15) is 0 Å². The molecule has 2 aromatic heterocycles. The van der Waals surface area contributed by atoms with E-state index in [2.05, 4.69) is 19.9 Å². The van der Waals surface area contributed by atoms with Gasteiger partial charge in [0.1, 0.15) is 40.5 Å². The van der Waals surface area contributed by atoms with Gasteiger partial charge in [-0.3, -0.25) is 5.32 Å². The quantitative estimate of drug-likeness (QED) is 0.425. The monoisotopic (exact) mass is 480 g/mol. The molecule has 0 unspecified atom stereocenters. The van der Waals surface area contributed by atoms with Crippen molar-refractivity contribution in [1.29, 1.82) is 0 Å². The van der Waals surface area contributed by atoms with Crippen LogP contribution in [0.4, 0.5) is 9.80 Å². The third-order valence-corrected chi connectivity index (χ3v) is 6.71. The van der Waals surface area contributed by atoms with Crippen molar-refractivity contribution < 1.29 is 23.7 Å². The molecule has 0 spiro atoms. The Labute approximate surface area is 200 Å². The van der Waals surface area contributed by atoms with E-state index in [-0.39, 0.29) is 6.61 Å². The lowest BCUT2D eigenvalue weighted by molar-refractivity contribution is 0.0830. The smallest absolute Gasteiger partial charge is 0.412 e. The Bertz CT molecular complexity index is 1360. The van der Waals surface area contributed by atoms with Gasteiger partial charge in [0.05, 0.1) is 43.1 Å². The minimum Gasteiger partial charge on any atom is -0.497 e. The normalized spacial score (nSPS) is 12.9. The van der Waals surface area contributed by atoms with Crippen molar-refractivity contribution in [3.63, 3.8) is 0 Å². The molecule has 0 bridgehead atoms. The molecule has 1 N–H and O–H groups in total. The van der Waals surface area contributed by atoms with E-state index < -0.39 is 6.09 Å². The van der Waals surface area contributed by atoms with E-state index in [0.717, 1.165) is 39.5 Å². The minimum atomic E-state index is -0.544. The first-order valence-corrected chi connectivity index (χ1v) is 11.6. The molecule has 1 amide bonds. The maximum Gasteiger partial charge on any atom is 0.412 e.